The summed E-state index contributed by atoms with van der Waals surface area (Å²) in [6.07, 6.45) is 5.24. The number of pyridine rings is 1. The Balaban J connectivity index is 1.99. The number of nitrogens with one attached hydrogen (secondary N) is 1. The van der Waals surface area contributed by atoms with Crippen LogP contribution >= 0.6 is 11.8 Å². The number of aryl methyl sites for hydroxylation is 1. The van der Waals surface area contributed by atoms with Crippen LogP contribution in [0.25, 0.3) is 5.65 Å². The van der Waals surface area contributed by atoms with Crippen LogP contribution in [0.2, 0.25) is 0 Å². The van der Waals surface area contributed by atoms with Crippen LogP contribution in [-0.2, 0) is 0 Å². The highest BCUT2D eigenvalue weighted by molar-refractivity contribution is 7.99. The summed E-state index contributed by atoms with van der Waals surface area (Å²) in [5, 5.41) is 8.31. The molecule has 0 radical (unpaired) electrons. The molecule has 2 heterocycles. The molecule has 1 atom stereocenters. The van der Waals surface area contributed by atoms with Gasteiger partial charge in [-0.15, -0.1) is 5.10 Å². The number of fused-ring (bicyclic) bond motifs is 1. The maximum Gasteiger partial charge on any atom is 0.243 e. The Labute approximate surface area is 106 Å². The van der Waals surface area contributed by atoms with E-state index in [0.29, 0.717) is 11.2 Å². The van der Waals surface area contributed by atoms with E-state index < -0.39 is 0 Å². The van der Waals surface area contributed by atoms with Gasteiger partial charge in [0, 0.05) is 18.0 Å². The summed E-state index contributed by atoms with van der Waals surface area (Å²) in [5.74, 6) is 0.712. The zero-order valence-corrected chi connectivity index (χ0v) is 11.3. The normalized spacial score (nSPS) is 12.9. The first-order valence-corrected chi connectivity index (χ1v) is 7.07. The molecule has 0 aliphatic heterocycles. The van der Waals surface area contributed by atoms with Crippen LogP contribution in [0.15, 0.2) is 18.3 Å². The molecular weight excluding hydrogens is 232 g/mol. The van der Waals surface area contributed by atoms with Gasteiger partial charge >= 0.3 is 0 Å². The molecule has 0 spiro atoms. The van der Waals surface area contributed by atoms with Crippen molar-refractivity contribution in [1.82, 2.24) is 14.6 Å². The summed E-state index contributed by atoms with van der Waals surface area (Å²) in [5.41, 5.74) is 2.07. The fourth-order valence-electron chi connectivity index (χ4n) is 1.57. The van der Waals surface area contributed by atoms with Gasteiger partial charge in [0.05, 0.1) is 0 Å². The molecule has 0 saturated heterocycles. The van der Waals surface area contributed by atoms with Crippen LogP contribution < -0.4 is 5.32 Å². The van der Waals surface area contributed by atoms with Crippen molar-refractivity contribution in [1.29, 1.82) is 0 Å². The predicted octanol–water partition coefficient (Wildman–Crippen LogP) is 2.59. The van der Waals surface area contributed by atoms with Gasteiger partial charge in [-0.25, -0.2) is 4.52 Å². The van der Waals surface area contributed by atoms with Crippen LogP contribution in [0, 0.1) is 6.92 Å². The molecular formula is C12H18N4S. The number of hydrogen-bond donors (Lipinski definition) is 1. The van der Waals surface area contributed by atoms with Crippen molar-refractivity contribution >= 4 is 23.4 Å². The zero-order valence-electron chi connectivity index (χ0n) is 10.5. The molecule has 0 amide bonds. The van der Waals surface area contributed by atoms with Crippen LogP contribution in [0.3, 0.4) is 0 Å². The van der Waals surface area contributed by atoms with Crippen molar-refractivity contribution in [3.8, 4) is 0 Å². The molecule has 1 N–H and O–H groups in total. The molecule has 0 aromatic carbocycles. The number of aromatic nitrogens is 3. The van der Waals surface area contributed by atoms with Crippen molar-refractivity contribution in [3.63, 3.8) is 0 Å². The lowest BCUT2D eigenvalue weighted by atomic mass is 10.3. The average molecular weight is 250 g/mol. The smallest absolute Gasteiger partial charge is 0.243 e. The number of rotatable bonds is 5. The lowest BCUT2D eigenvalue weighted by Gasteiger charge is -2.07. The Kier molecular flexibility index (Phi) is 3.89. The molecule has 1 unspecified atom stereocenters. The molecule has 0 aliphatic carbocycles. The van der Waals surface area contributed by atoms with E-state index in [2.05, 4.69) is 28.6 Å². The van der Waals surface area contributed by atoms with Crippen molar-refractivity contribution in [2.24, 2.45) is 0 Å². The van der Waals surface area contributed by atoms with Gasteiger partial charge in [-0.3, -0.25) is 0 Å². The number of thioether (sulfide) groups is 1. The molecule has 2 aromatic heterocycles. The topological polar surface area (TPSA) is 42.2 Å². The fourth-order valence-corrected chi connectivity index (χ4v) is 1.92. The largest absolute Gasteiger partial charge is 0.353 e. The first kappa shape index (κ1) is 12.2. The van der Waals surface area contributed by atoms with E-state index in [1.807, 2.05) is 41.5 Å². The van der Waals surface area contributed by atoms with E-state index >= 15 is 0 Å². The second kappa shape index (κ2) is 5.40. The van der Waals surface area contributed by atoms with E-state index in [9.17, 15) is 0 Å². The Hall–Kier alpha value is -1.23. The molecule has 0 aliphatic rings. The highest BCUT2D eigenvalue weighted by atomic mass is 32.2. The molecule has 5 heteroatoms. The number of nitrogens with zero attached hydrogens (tertiary/aromatic N) is 3. The summed E-state index contributed by atoms with van der Waals surface area (Å²) in [6.45, 7) is 5.19. The van der Waals surface area contributed by atoms with Gasteiger partial charge in [0.25, 0.3) is 0 Å². The zero-order chi connectivity index (χ0) is 12.3. The average Bonchev–Trinajstić information content (AvgIpc) is 2.70. The van der Waals surface area contributed by atoms with Gasteiger partial charge in [0.15, 0.2) is 5.65 Å². The highest BCUT2D eigenvalue weighted by Gasteiger charge is 2.04. The Morgan fingerprint density at radius 3 is 3.06 bits per heavy atom. The van der Waals surface area contributed by atoms with E-state index in [0.717, 1.165) is 18.6 Å². The Morgan fingerprint density at radius 1 is 1.47 bits per heavy atom. The SMILES string of the molecule is CSC(C)CCNc1nc2ccc(C)cn2n1. The first-order valence-electron chi connectivity index (χ1n) is 5.79. The van der Waals surface area contributed by atoms with Crippen molar-refractivity contribution in [2.45, 2.75) is 25.5 Å². The summed E-state index contributed by atoms with van der Waals surface area (Å²) in [7, 11) is 0. The minimum Gasteiger partial charge on any atom is -0.353 e. The van der Waals surface area contributed by atoms with Crippen LogP contribution in [0.4, 0.5) is 5.95 Å². The summed E-state index contributed by atoms with van der Waals surface area (Å²) >= 11 is 1.88. The Bertz CT molecular complexity index is 494. The maximum absolute atomic E-state index is 4.41. The molecule has 0 fully saturated rings. The monoisotopic (exact) mass is 250 g/mol. The van der Waals surface area contributed by atoms with E-state index in [1.165, 1.54) is 5.56 Å². The number of hydrogen-bond acceptors (Lipinski definition) is 4. The van der Waals surface area contributed by atoms with Gasteiger partial charge < -0.3 is 5.32 Å². The second-order valence-electron chi connectivity index (χ2n) is 4.21. The van der Waals surface area contributed by atoms with Gasteiger partial charge in [-0.2, -0.15) is 16.7 Å². The lowest BCUT2D eigenvalue weighted by Crippen LogP contribution is -2.08. The third-order valence-corrected chi connectivity index (χ3v) is 3.76. The quantitative estimate of drug-likeness (QED) is 0.885. The standard InChI is InChI=1S/C12H18N4S/c1-9-4-5-11-14-12(15-16(11)8-9)13-7-6-10(2)17-3/h4-5,8,10H,6-7H2,1-3H3,(H,13,15). The maximum atomic E-state index is 4.41. The highest BCUT2D eigenvalue weighted by Crippen LogP contribution is 2.10. The molecule has 4 nitrogen and oxygen atoms in total. The molecule has 0 bridgehead atoms. The van der Waals surface area contributed by atoms with Crippen molar-refractivity contribution in [2.75, 3.05) is 18.1 Å². The second-order valence-corrected chi connectivity index (χ2v) is 5.48. The fraction of sp³-hybridized carbons (Fsp3) is 0.500. The van der Waals surface area contributed by atoms with Gasteiger partial charge in [-0.05, 0) is 31.2 Å². The molecule has 0 saturated carbocycles. The third-order valence-electron chi connectivity index (χ3n) is 2.72. The lowest BCUT2D eigenvalue weighted by molar-refractivity contribution is 0.841. The van der Waals surface area contributed by atoms with Crippen LogP contribution in [-0.4, -0.2) is 32.6 Å². The summed E-state index contributed by atoms with van der Waals surface area (Å²) < 4.78 is 1.82. The third kappa shape index (κ3) is 3.12. The first-order chi connectivity index (χ1) is 8.19. The van der Waals surface area contributed by atoms with Crippen molar-refractivity contribution in [3.05, 3.63) is 23.9 Å². The van der Waals surface area contributed by atoms with Gasteiger partial charge in [0.2, 0.25) is 5.95 Å². The molecule has 2 aromatic rings. The van der Waals surface area contributed by atoms with E-state index in [1.54, 1.807) is 0 Å². The van der Waals surface area contributed by atoms with E-state index in [4.69, 9.17) is 0 Å². The van der Waals surface area contributed by atoms with Crippen LogP contribution in [0.1, 0.15) is 18.9 Å². The van der Waals surface area contributed by atoms with Gasteiger partial charge in [0.1, 0.15) is 0 Å². The molecule has 92 valence electrons. The predicted molar refractivity (Wildman–Crippen MR) is 73.8 cm³/mol. The minimum atomic E-state index is 0.668. The summed E-state index contributed by atoms with van der Waals surface area (Å²) in [6, 6.07) is 4.03. The van der Waals surface area contributed by atoms with E-state index in [-0.39, 0.29) is 0 Å². The summed E-state index contributed by atoms with van der Waals surface area (Å²) in [4.78, 5) is 4.41. The van der Waals surface area contributed by atoms with Crippen LogP contribution in [0.5, 0.6) is 0 Å². The molecule has 17 heavy (non-hydrogen) atoms. The Morgan fingerprint density at radius 2 is 2.29 bits per heavy atom. The number of anilines is 1. The van der Waals surface area contributed by atoms with Crippen molar-refractivity contribution < 1.29 is 0 Å². The molecule has 2 rings (SSSR count). The minimum absolute atomic E-state index is 0.668. The van der Waals surface area contributed by atoms with Gasteiger partial charge in [-0.1, -0.05) is 13.0 Å².